The van der Waals surface area contributed by atoms with E-state index in [4.69, 9.17) is 14.2 Å². The Morgan fingerprint density at radius 2 is 1.60 bits per heavy atom. The summed E-state index contributed by atoms with van der Waals surface area (Å²) in [7, 11) is 4.20. The number of hydrogen-bond acceptors (Lipinski definition) is 10. The molecule has 11 nitrogen and oxygen atoms in total. The lowest BCUT2D eigenvalue weighted by Gasteiger charge is -2.35. The fourth-order valence-corrected chi connectivity index (χ4v) is 5.64. The summed E-state index contributed by atoms with van der Waals surface area (Å²) >= 11 is 0. The van der Waals surface area contributed by atoms with Gasteiger partial charge in [0.15, 0.2) is 23.1 Å². The second-order valence-corrected chi connectivity index (χ2v) is 12.6. The highest BCUT2D eigenvalue weighted by molar-refractivity contribution is 6.06. The molecule has 4 aromatic rings. The highest BCUT2D eigenvalue weighted by Crippen LogP contribution is 2.33. The third-order valence-corrected chi connectivity index (χ3v) is 8.47. The second kappa shape index (κ2) is 17.7. The van der Waals surface area contributed by atoms with Crippen LogP contribution in [0.2, 0.25) is 0 Å². The molecule has 2 N–H and O–H groups in total. The Kier molecular flexibility index (Phi) is 13.0. The molecule has 2 heterocycles. The summed E-state index contributed by atoms with van der Waals surface area (Å²) in [5, 5.41) is 6.00. The number of carbonyl (C=O) groups is 1. The van der Waals surface area contributed by atoms with Crippen LogP contribution < -0.4 is 24.8 Å². The van der Waals surface area contributed by atoms with Crippen molar-refractivity contribution >= 4 is 23.2 Å². The molecular formula is C38H48FN7O4. The molecule has 0 aliphatic carbocycles. The lowest BCUT2D eigenvalue weighted by atomic mass is 10.1. The SMILES string of the molecule is CCOc1ccccc1Oc1nc(Nc2ccc(OCCCN3CCN(CCN(C)C)CC3)c(F)c2)ncc1C(=O)Nc1c(C)cccc1C. The lowest BCUT2D eigenvalue weighted by molar-refractivity contribution is 0.102. The van der Waals surface area contributed by atoms with E-state index in [1.165, 1.54) is 12.3 Å². The van der Waals surface area contributed by atoms with Crippen LogP contribution in [0, 0.1) is 19.7 Å². The molecule has 0 unspecified atom stereocenters. The molecule has 0 radical (unpaired) electrons. The van der Waals surface area contributed by atoms with Gasteiger partial charge in [-0.25, -0.2) is 9.37 Å². The van der Waals surface area contributed by atoms with Crippen molar-refractivity contribution in [3.8, 4) is 23.1 Å². The molecule has 0 atom stereocenters. The van der Waals surface area contributed by atoms with Crippen LogP contribution in [0.5, 0.6) is 23.1 Å². The van der Waals surface area contributed by atoms with E-state index in [9.17, 15) is 4.79 Å². The first kappa shape index (κ1) is 36.5. The Labute approximate surface area is 294 Å². The lowest BCUT2D eigenvalue weighted by Crippen LogP contribution is -2.48. The van der Waals surface area contributed by atoms with E-state index in [-0.39, 0.29) is 23.1 Å². The number of piperazine rings is 1. The van der Waals surface area contributed by atoms with Gasteiger partial charge < -0.3 is 34.6 Å². The average Bonchev–Trinajstić information content (AvgIpc) is 3.10. The van der Waals surface area contributed by atoms with Gasteiger partial charge in [-0.15, -0.1) is 0 Å². The molecule has 50 heavy (non-hydrogen) atoms. The van der Waals surface area contributed by atoms with Crippen molar-refractivity contribution in [3.63, 3.8) is 0 Å². The summed E-state index contributed by atoms with van der Waals surface area (Å²) in [6.07, 6.45) is 2.19. The average molecular weight is 686 g/mol. The summed E-state index contributed by atoms with van der Waals surface area (Å²) in [4.78, 5) is 29.6. The highest BCUT2D eigenvalue weighted by atomic mass is 19.1. The molecule has 5 rings (SSSR count). The van der Waals surface area contributed by atoms with Crippen molar-refractivity contribution in [2.45, 2.75) is 27.2 Å². The van der Waals surface area contributed by atoms with Crippen molar-refractivity contribution in [2.75, 3.05) is 83.8 Å². The number of halogens is 1. The molecule has 266 valence electrons. The number of carbonyl (C=O) groups excluding carboxylic acids is 1. The third kappa shape index (κ3) is 10.1. The number of rotatable bonds is 16. The van der Waals surface area contributed by atoms with Gasteiger partial charge in [0.1, 0.15) is 5.56 Å². The molecule has 3 aromatic carbocycles. The van der Waals surface area contributed by atoms with Crippen molar-refractivity contribution in [2.24, 2.45) is 0 Å². The maximum atomic E-state index is 15.1. The van der Waals surface area contributed by atoms with Gasteiger partial charge in [0, 0.05) is 69.5 Å². The second-order valence-electron chi connectivity index (χ2n) is 12.6. The maximum Gasteiger partial charge on any atom is 0.262 e. The summed E-state index contributed by atoms with van der Waals surface area (Å²) in [6, 6.07) is 17.5. The number of nitrogens with zero attached hydrogens (tertiary/aromatic N) is 5. The first-order valence-corrected chi connectivity index (χ1v) is 17.1. The molecule has 1 fully saturated rings. The Morgan fingerprint density at radius 1 is 0.900 bits per heavy atom. The van der Waals surface area contributed by atoms with E-state index in [2.05, 4.69) is 49.4 Å². The predicted molar refractivity (Wildman–Crippen MR) is 195 cm³/mol. The van der Waals surface area contributed by atoms with Crippen LogP contribution in [-0.2, 0) is 0 Å². The van der Waals surface area contributed by atoms with E-state index in [1.807, 2.05) is 45.0 Å². The van der Waals surface area contributed by atoms with Gasteiger partial charge in [0.05, 0.1) is 13.2 Å². The van der Waals surface area contributed by atoms with E-state index >= 15 is 4.39 Å². The van der Waals surface area contributed by atoms with E-state index in [1.54, 1.807) is 30.3 Å². The Bertz CT molecular complexity index is 1710. The molecule has 1 amide bonds. The first-order chi connectivity index (χ1) is 24.2. The molecule has 12 heteroatoms. The fourth-order valence-electron chi connectivity index (χ4n) is 5.64. The zero-order chi connectivity index (χ0) is 35.5. The minimum absolute atomic E-state index is 0.00814. The van der Waals surface area contributed by atoms with Gasteiger partial charge in [-0.2, -0.15) is 4.98 Å². The van der Waals surface area contributed by atoms with Gasteiger partial charge in [0.25, 0.3) is 5.91 Å². The van der Waals surface area contributed by atoms with Crippen LogP contribution in [-0.4, -0.2) is 104 Å². The van der Waals surface area contributed by atoms with Crippen molar-refractivity contribution in [1.82, 2.24) is 24.7 Å². The summed E-state index contributed by atoms with van der Waals surface area (Å²) in [5.74, 6) is 0.250. The van der Waals surface area contributed by atoms with Crippen LogP contribution in [0.1, 0.15) is 34.8 Å². The number of benzene rings is 3. The van der Waals surface area contributed by atoms with E-state index in [0.29, 0.717) is 36.1 Å². The quantitative estimate of drug-likeness (QED) is 0.129. The number of nitrogens with one attached hydrogen (secondary N) is 2. The summed E-state index contributed by atoms with van der Waals surface area (Å²) in [6.45, 7) is 13.9. The number of likely N-dealkylation sites (N-methyl/N-ethyl adjacent to an activating group) is 1. The standard InChI is InChI=1S/C38H48FN7O4/c1-6-48-33-13-7-8-14-34(33)50-37-30(36(47)42-35-27(2)11-9-12-28(35)3)26-40-38(43-37)41-29-15-16-32(31(39)25-29)49-24-10-17-45-20-22-46(23-21-45)19-18-44(4)5/h7-9,11-16,25-26H,6,10,17-24H2,1-5H3,(H,42,47)(H,40,41,43). The fraction of sp³-hybridized carbons (Fsp3) is 0.395. The maximum absolute atomic E-state index is 15.1. The normalized spacial score (nSPS) is 13.7. The Balaban J connectivity index is 1.23. The van der Waals surface area contributed by atoms with Crippen LogP contribution in [0.3, 0.4) is 0 Å². The van der Waals surface area contributed by atoms with E-state index in [0.717, 1.165) is 63.4 Å². The number of hydrogen-bond donors (Lipinski definition) is 2. The smallest absolute Gasteiger partial charge is 0.262 e. The first-order valence-electron chi connectivity index (χ1n) is 17.1. The number of aromatic nitrogens is 2. The van der Waals surface area contributed by atoms with Gasteiger partial charge in [-0.05, 0) is 76.7 Å². The van der Waals surface area contributed by atoms with Gasteiger partial charge >= 0.3 is 0 Å². The largest absolute Gasteiger partial charge is 0.490 e. The Hall–Kier alpha value is -4.78. The van der Waals surface area contributed by atoms with Gasteiger partial charge in [-0.1, -0.05) is 30.3 Å². The monoisotopic (exact) mass is 685 g/mol. The number of ether oxygens (including phenoxy) is 3. The van der Waals surface area contributed by atoms with Crippen LogP contribution >= 0.6 is 0 Å². The summed E-state index contributed by atoms with van der Waals surface area (Å²) < 4.78 is 32.8. The Morgan fingerprint density at radius 3 is 2.28 bits per heavy atom. The predicted octanol–water partition coefficient (Wildman–Crippen LogP) is 6.37. The van der Waals surface area contributed by atoms with E-state index < -0.39 is 11.7 Å². The molecule has 0 spiro atoms. The third-order valence-electron chi connectivity index (χ3n) is 8.47. The summed E-state index contributed by atoms with van der Waals surface area (Å²) in [5.41, 5.74) is 3.06. The molecule has 0 saturated carbocycles. The zero-order valence-corrected chi connectivity index (χ0v) is 29.7. The zero-order valence-electron chi connectivity index (χ0n) is 29.7. The molecule has 1 saturated heterocycles. The van der Waals surface area contributed by atoms with Gasteiger partial charge in [-0.3, -0.25) is 9.69 Å². The van der Waals surface area contributed by atoms with Crippen LogP contribution in [0.15, 0.2) is 66.9 Å². The topological polar surface area (TPSA) is 104 Å². The minimum Gasteiger partial charge on any atom is -0.490 e. The highest BCUT2D eigenvalue weighted by Gasteiger charge is 2.21. The molecule has 0 bridgehead atoms. The van der Waals surface area contributed by atoms with Crippen molar-refractivity contribution in [1.29, 1.82) is 0 Å². The molecular weight excluding hydrogens is 637 g/mol. The number of para-hydroxylation sites is 3. The number of amides is 1. The molecule has 1 aromatic heterocycles. The number of anilines is 3. The van der Waals surface area contributed by atoms with Gasteiger partial charge in [0.2, 0.25) is 11.8 Å². The van der Waals surface area contributed by atoms with Crippen LogP contribution in [0.25, 0.3) is 0 Å². The van der Waals surface area contributed by atoms with Crippen LogP contribution in [0.4, 0.5) is 21.7 Å². The molecule has 1 aliphatic rings. The number of aryl methyl sites for hydroxylation is 2. The minimum atomic E-state index is -0.503. The van der Waals surface area contributed by atoms with Crippen molar-refractivity contribution in [3.05, 3.63) is 89.4 Å². The van der Waals surface area contributed by atoms with Crippen molar-refractivity contribution < 1.29 is 23.4 Å². The molecule has 1 aliphatic heterocycles.